The monoisotopic (exact) mass is 577 g/mol. The van der Waals surface area contributed by atoms with Crippen molar-refractivity contribution < 1.29 is 21.6 Å². The number of hydrogen-bond acceptors (Lipinski definition) is 5. The van der Waals surface area contributed by atoms with Crippen LogP contribution in [0.1, 0.15) is 32.6 Å². The summed E-state index contributed by atoms with van der Waals surface area (Å²) < 4.78 is 54.6. The maximum Gasteiger partial charge on any atom is 0.261 e. The van der Waals surface area contributed by atoms with Gasteiger partial charge in [-0.05, 0) is 97.6 Å². The topological polar surface area (TPSA) is 113 Å². The van der Waals surface area contributed by atoms with Gasteiger partial charge in [0.2, 0.25) is 10.0 Å². The van der Waals surface area contributed by atoms with E-state index in [0.29, 0.717) is 22.6 Å². The predicted molar refractivity (Wildman–Crippen MR) is 160 cm³/mol. The van der Waals surface area contributed by atoms with Gasteiger partial charge < -0.3 is 5.32 Å². The van der Waals surface area contributed by atoms with Crippen LogP contribution in [-0.4, -0.2) is 29.0 Å². The maximum atomic E-state index is 12.9. The number of carbonyl (C=O) groups is 1. The highest BCUT2D eigenvalue weighted by Crippen LogP contribution is 2.24. The lowest BCUT2D eigenvalue weighted by Gasteiger charge is -2.23. The molecule has 0 aliphatic carbocycles. The summed E-state index contributed by atoms with van der Waals surface area (Å²) in [4.78, 5) is 12.9. The Hall–Kier alpha value is -4.15. The molecule has 2 N–H and O–H groups in total. The molecule has 0 aromatic heterocycles. The van der Waals surface area contributed by atoms with E-state index in [0.717, 1.165) is 28.5 Å². The summed E-state index contributed by atoms with van der Waals surface area (Å²) in [6.45, 7) is 5.73. The third-order valence-corrected chi connectivity index (χ3v) is 8.81. The van der Waals surface area contributed by atoms with E-state index >= 15 is 0 Å². The van der Waals surface area contributed by atoms with Gasteiger partial charge in [0.1, 0.15) is 0 Å². The molecule has 0 bridgehead atoms. The van der Waals surface area contributed by atoms with Crippen molar-refractivity contribution in [2.24, 2.45) is 0 Å². The minimum atomic E-state index is -3.81. The van der Waals surface area contributed by atoms with Crippen LogP contribution in [0.5, 0.6) is 0 Å². The Morgan fingerprint density at radius 3 is 2.05 bits per heavy atom. The van der Waals surface area contributed by atoms with E-state index in [9.17, 15) is 21.6 Å². The van der Waals surface area contributed by atoms with Gasteiger partial charge in [-0.25, -0.2) is 16.8 Å². The predicted octanol–water partition coefficient (Wildman–Crippen LogP) is 5.63. The van der Waals surface area contributed by atoms with Crippen LogP contribution < -0.4 is 14.3 Å². The Morgan fingerprint density at radius 1 is 0.775 bits per heavy atom. The van der Waals surface area contributed by atoms with Crippen LogP contribution in [0.25, 0.3) is 0 Å². The van der Waals surface area contributed by atoms with Crippen LogP contribution in [0.2, 0.25) is 0 Å². The summed E-state index contributed by atoms with van der Waals surface area (Å²) >= 11 is 0. The number of rotatable bonds is 9. The molecule has 1 amide bonds. The quantitative estimate of drug-likeness (QED) is 0.268. The van der Waals surface area contributed by atoms with E-state index in [2.05, 4.69) is 10.0 Å². The summed E-state index contributed by atoms with van der Waals surface area (Å²) in [6.07, 6.45) is 1.16. The number of anilines is 3. The number of nitrogens with one attached hydrogen (secondary N) is 2. The smallest absolute Gasteiger partial charge is 0.261 e. The average Bonchev–Trinajstić information content (AvgIpc) is 2.89. The number of carbonyl (C=O) groups excluding carboxylic acids is 1. The second-order valence-electron chi connectivity index (χ2n) is 9.71. The van der Waals surface area contributed by atoms with Gasteiger partial charge in [0.05, 0.1) is 29.1 Å². The molecule has 40 heavy (non-hydrogen) atoms. The fraction of sp³-hybridized carbons (Fsp3) is 0.167. The summed E-state index contributed by atoms with van der Waals surface area (Å²) in [5.41, 5.74) is 5.30. The van der Waals surface area contributed by atoms with Crippen LogP contribution in [0, 0.1) is 20.8 Å². The highest BCUT2D eigenvalue weighted by molar-refractivity contribution is 7.92. The number of aryl methyl sites for hydroxylation is 3. The average molecular weight is 578 g/mol. The van der Waals surface area contributed by atoms with Crippen molar-refractivity contribution in [1.82, 2.24) is 0 Å². The van der Waals surface area contributed by atoms with Gasteiger partial charge in [0, 0.05) is 11.3 Å². The van der Waals surface area contributed by atoms with Crippen molar-refractivity contribution in [2.75, 3.05) is 20.6 Å². The highest BCUT2D eigenvalue weighted by Gasteiger charge is 2.19. The molecule has 4 aromatic carbocycles. The van der Waals surface area contributed by atoms with Gasteiger partial charge in [0.25, 0.3) is 15.9 Å². The zero-order chi connectivity index (χ0) is 29.1. The van der Waals surface area contributed by atoms with Gasteiger partial charge in [-0.15, -0.1) is 0 Å². The number of sulfonamides is 2. The lowest BCUT2D eigenvalue weighted by molar-refractivity contribution is 0.102. The summed E-state index contributed by atoms with van der Waals surface area (Å²) in [5, 5.41) is 2.76. The molecule has 0 fully saturated rings. The van der Waals surface area contributed by atoms with Crippen molar-refractivity contribution in [3.05, 3.63) is 119 Å². The molecular formula is C30H31N3O5S2. The molecule has 0 spiro atoms. The van der Waals surface area contributed by atoms with E-state index in [-0.39, 0.29) is 17.3 Å². The second-order valence-corrected chi connectivity index (χ2v) is 13.3. The summed E-state index contributed by atoms with van der Waals surface area (Å²) in [7, 11) is -7.34. The van der Waals surface area contributed by atoms with Crippen molar-refractivity contribution in [1.29, 1.82) is 0 Å². The van der Waals surface area contributed by atoms with Gasteiger partial charge in [0.15, 0.2) is 0 Å². The van der Waals surface area contributed by atoms with Crippen LogP contribution in [0.4, 0.5) is 17.1 Å². The first-order valence-electron chi connectivity index (χ1n) is 12.5. The Balaban J connectivity index is 1.43. The molecule has 0 aliphatic rings. The van der Waals surface area contributed by atoms with E-state index in [1.165, 1.54) is 28.6 Å². The van der Waals surface area contributed by atoms with Crippen LogP contribution >= 0.6 is 0 Å². The molecule has 0 radical (unpaired) electrons. The highest BCUT2D eigenvalue weighted by atomic mass is 32.2. The van der Waals surface area contributed by atoms with E-state index in [4.69, 9.17) is 0 Å². The molecular weight excluding hydrogens is 546 g/mol. The van der Waals surface area contributed by atoms with E-state index in [1.807, 2.05) is 39.0 Å². The van der Waals surface area contributed by atoms with Crippen molar-refractivity contribution >= 4 is 43.0 Å². The summed E-state index contributed by atoms with van der Waals surface area (Å²) in [5.74, 6) is -0.380. The fourth-order valence-electron chi connectivity index (χ4n) is 4.08. The Morgan fingerprint density at radius 2 is 1.43 bits per heavy atom. The van der Waals surface area contributed by atoms with Gasteiger partial charge in [-0.3, -0.25) is 13.8 Å². The minimum Gasteiger partial charge on any atom is -0.322 e. The lowest BCUT2D eigenvalue weighted by atomic mass is 10.1. The molecule has 0 atom stereocenters. The zero-order valence-corrected chi connectivity index (χ0v) is 24.3. The molecule has 0 unspecified atom stereocenters. The second kappa shape index (κ2) is 11.5. The largest absolute Gasteiger partial charge is 0.322 e. The zero-order valence-electron chi connectivity index (χ0n) is 22.7. The normalized spacial score (nSPS) is 11.6. The van der Waals surface area contributed by atoms with E-state index in [1.54, 1.807) is 48.5 Å². The van der Waals surface area contributed by atoms with Crippen LogP contribution in [0.15, 0.2) is 95.9 Å². The van der Waals surface area contributed by atoms with Gasteiger partial charge in [-0.2, -0.15) is 0 Å². The molecule has 0 heterocycles. The SMILES string of the molecule is Cc1cccc(N(Cc2ccc(C(=O)Nc3ccc(S(=O)(=O)Nc4cc(C)ccc4C)cc3)cc2)S(C)(=O)=O)c1. The summed E-state index contributed by atoms with van der Waals surface area (Å²) in [6, 6.07) is 25.3. The Kier molecular flexibility index (Phi) is 8.32. The molecule has 0 aliphatic heterocycles. The molecule has 10 heteroatoms. The fourth-order valence-corrected chi connectivity index (χ4v) is 6.08. The van der Waals surface area contributed by atoms with E-state index < -0.39 is 20.0 Å². The maximum absolute atomic E-state index is 12.9. The van der Waals surface area contributed by atoms with Gasteiger partial charge in [-0.1, -0.05) is 36.4 Å². The molecule has 4 aromatic rings. The molecule has 0 saturated carbocycles. The Labute approximate surface area is 235 Å². The van der Waals surface area contributed by atoms with Gasteiger partial charge >= 0.3 is 0 Å². The molecule has 0 saturated heterocycles. The number of amides is 1. The van der Waals surface area contributed by atoms with Crippen molar-refractivity contribution in [3.63, 3.8) is 0 Å². The van der Waals surface area contributed by atoms with Crippen LogP contribution in [-0.2, 0) is 26.6 Å². The first-order chi connectivity index (χ1) is 18.8. The first-order valence-corrected chi connectivity index (χ1v) is 15.8. The number of hydrogen-bond donors (Lipinski definition) is 2. The third-order valence-electron chi connectivity index (χ3n) is 6.29. The lowest BCUT2D eigenvalue weighted by Crippen LogP contribution is -2.29. The standard InChI is InChI=1S/C30H31N3O5S2/c1-21-6-5-7-27(18-21)33(39(4,35)36)20-24-10-12-25(13-11-24)30(34)31-26-14-16-28(17-15-26)40(37,38)32-29-19-22(2)8-9-23(29)3/h5-19,32H,20H2,1-4H3,(H,31,34). The minimum absolute atomic E-state index is 0.0693. The number of benzene rings is 4. The molecule has 8 nitrogen and oxygen atoms in total. The van der Waals surface area contributed by atoms with Crippen molar-refractivity contribution in [3.8, 4) is 0 Å². The molecule has 4 rings (SSSR count). The Bertz CT molecular complexity index is 1750. The molecule has 208 valence electrons. The first kappa shape index (κ1) is 28.8. The third kappa shape index (κ3) is 7.08. The van der Waals surface area contributed by atoms with Crippen molar-refractivity contribution in [2.45, 2.75) is 32.2 Å². The number of nitrogens with zero attached hydrogens (tertiary/aromatic N) is 1. The van der Waals surface area contributed by atoms with Crippen LogP contribution in [0.3, 0.4) is 0 Å².